The van der Waals surface area contributed by atoms with E-state index in [1.165, 1.54) is 0 Å². The van der Waals surface area contributed by atoms with Crippen LogP contribution in [0.5, 0.6) is 0 Å². The van der Waals surface area contributed by atoms with Gasteiger partial charge in [0.15, 0.2) is 0 Å². The third-order valence-electron chi connectivity index (χ3n) is 2.04. The molecule has 0 fully saturated rings. The number of carbonyl (C=O) groups excluding carboxylic acids is 2. The van der Waals surface area contributed by atoms with Crippen molar-refractivity contribution in [3.05, 3.63) is 0 Å². The molecule has 0 aliphatic rings. The van der Waals surface area contributed by atoms with Gasteiger partial charge in [0.2, 0.25) is 10.5 Å². The molecular weight excluding hydrogens is 351 g/mol. The van der Waals surface area contributed by atoms with E-state index in [1.54, 1.807) is 0 Å². The van der Waals surface area contributed by atoms with Crippen molar-refractivity contribution in [1.29, 1.82) is 0 Å². The molecule has 0 unspecified atom stereocenters. The first-order chi connectivity index (χ1) is 8.58. The summed E-state index contributed by atoms with van der Waals surface area (Å²) >= 11 is 8.71. The van der Waals surface area contributed by atoms with E-state index in [2.05, 4.69) is 23.2 Å². The van der Waals surface area contributed by atoms with Crippen molar-refractivity contribution >= 4 is 33.7 Å². The second-order valence-corrected chi connectivity index (χ2v) is 4.46. The van der Waals surface area contributed by atoms with Gasteiger partial charge in [-0.3, -0.25) is 9.59 Å². The fraction of sp³-hybridized carbons (Fsp3) is 0.750. The molecule has 12 heteroatoms. The van der Waals surface area contributed by atoms with Crippen LogP contribution in [0.2, 0.25) is 0 Å². The highest BCUT2D eigenvalue weighted by Gasteiger charge is 2.80. The van der Waals surface area contributed by atoms with Crippen LogP contribution in [0.4, 0.5) is 35.1 Å². The largest absolute Gasteiger partial charge is 0.378 e. The lowest BCUT2D eigenvalue weighted by molar-refractivity contribution is -0.364. The van der Waals surface area contributed by atoms with E-state index >= 15 is 0 Å². The summed E-state index contributed by atoms with van der Waals surface area (Å²) in [6.07, 6.45) is -5.19. The Morgan fingerprint density at radius 2 is 0.850 bits per heavy atom. The van der Waals surface area contributed by atoms with E-state index < -0.39 is 47.0 Å². The molecule has 0 rings (SSSR count). The van der Waals surface area contributed by atoms with Crippen LogP contribution >= 0.6 is 23.2 Å². The molecule has 0 aliphatic heterocycles. The van der Waals surface area contributed by atoms with E-state index in [1.807, 2.05) is 0 Å². The number of hydrogen-bond donors (Lipinski definition) is 0. The van der Waals surface area contributed by atoms with Crippen molar-refractivity contribution < 1.29 is 44.7 Å². The first kappa shape index (κ1) is 19.4. The molecular formula is C8H4Cl2F8O2. The number of hydrogen-bond acceptors (Lipinski definition) is 2. The zero-order valence-corrected chi connectivity index (χ0v) is 10.5. The third-order valence-corrected chi connectivity index (χ3v) is 2.30. The van der Waals surface area contributed by atoms with Gasteiger partial charge < -0.3 is 0 Å². The lowest BCUT2D eigenvalue weighted by Gasteiger charge is -2.35. The SMILES string of the molecule is O=C(Cl)CC(F)(F)C(F)(F)C(F)(F)C(F)(F)CC(=O)Cl. The van der Waals surface area contributed by atoms with Gasteiger partial charge in [0.25, 0.3) is 0 Å². The van der Waals surface area contributed by atoms with Gasteiger partial charge in [0, 0.05) is 0 Å². The van der Waals surface area contributed by atoms with Gasteiger partial charge in [-0.2, -0.15) is 35.1 Å². The molecule has 0 aromatic heterocycles. The fourth-order valence-electron chi connectivity index (χ4n) is 1.03. The Morgan fingerprint density at radius 1 is 0.650 bits per heavy atom. The number of rotatable bonds is 7. The minimum absolute atomic E-state index is 2.14. The molecule has 0 spiro atoms. The zero-order valence-electron chi connectivity index (χ0n) is 9.01. The Kier molecular flexibility index (Phi) is 5.45. The standard InChI is InChI=1S/C8H4Cl2F8O2/c9-3(19)1-5(11,12)7(15,16)8(17,18)6(13,14)2-4(10)20/h1-2H2. The minimum atomic E-state index is -6.64. The quantitative estimate of drug-likeness (QED) is 0.514. The molecule has 0 amide bonds. The van der Waals surface area contributed by atoms with Crippen molar-refractivity contribution in [3.63, 3.8) is 0 Å². The van der Waals surface area contributed by atoms with Crippen LogP contribution in [-0.2, 0) is 9.59 Å². The molecule has 118 valence electrons. The van der Waals surface area contributed by atoms with Crippen molar-refractivity contribution in [1.82, 2.24) is 0 Å². The minimum Gasteiger partial charge on any atom is -0.281 e. The summed E-state index contributed by atoms with van der Waals surface area (Å²) in [5, 5.41) is -4.27. The second kappa shape index (κ2) is 5.63. The third kappa shape index (κ3) is 3.51. The molecule has 0 N–H and O–H groups in total. The van der Waals surface area contributed by atoms with E-state index in [0.29, 0.717) is 0 Å². The van der Waals surface area contributed by atoms with Gasteiger partial charge in [-0.1, -0.05) is 0 Å². The van der Waals surface area contributed by atoms with Crippen LogP contribution in [0, 0.1) is 0 Å². The van der Waals surface area contributed by atoms with Gasteiger partial charge in [0.1, 0.15) is 0 Å². The van der Waals surface area contributed by atoms with Gasteiger partial charge in [-0.25, -0.2) is 0 Å². The first-order valence-electron chi connectivity index (χ1n) is 4.46. The van der Waals surface area contributed by atoms with Gasteiger partial charge >= 0.3 is 23.7 Å². The summed E-state index contributed by atoms with van der Waals surface area (Å²) in [4.78, 5) is 20.2. The predicted molar refractivity (Wildman–Crippen MR) is 50.7 cm³/mol. The monoisotopic (exact) mass is 354 g/mol. The average molecular weight is 355 g/mol. The summed E-state index contributed by atoms with van der Waals surface area (Å²) in [6, 6.07) is 0. The van der Waals surface area contributed by atoms with Crippen LogP contribution in [0.25, 0.3) is 0 Å². The van der Waals surface area contributed by atoms with Crippen LogP contribution in [0.3, 0.4) is 0 Å². The van der Waals surface area contributed by atoms with E-state index in [4.69, 9.17) is 0 Å². The number of alkyl halides is 8. The van der Waals surface area contributed by atoms with Gasteiger partial charge in [-0.05, 0) is 23.2 Å². The highest BCUT2D eigenvalue weighted by Crippen LogP contribution is 2.54. The lowest BCUT2D eigenvalue weighted by Crippen LogP contribution is -2.62. The summed E-state index contributed by atoms with van der Waals surface area (Å²) in [7, 11) is 0. The molecule has 0 heterocycles. The molecule has 0 radical (unpaired) electrons. The maximum atomic E-state index is 12.9. The Hall–Kier alpha value is -0.640. The van der Waals surface area contributed by atoms with E-state index in [0.717, 1.165) is 0 Å². The van der Waals surface area contributed by atoms with Crippen molar-refractivity contribution in [2.75, 3.05) is 0 Å². The maximum Gasteiger partial charge on any atom is 0.378 e. The van der Waals surface area contributed by atoms with Crippen LogP contribution in [0.1, 0.15) is 12.8 Å². The van der Waals surface area contributed by atoms with Crippen molar-refractivity contribution in [2.45, 2.75) is 36.5 Å². The fourth-order valence-corrected chi connectivity index (χ4v) is 1.37. The van der Waals surface area contributed by atoms with Crippen molar-refractivity contribution in [2.24, 2.45) is 0 Å². The second-order valence-electron chi connectivity index (χ2n) is 3.62. The van der Waals surface area contributed by atoms with Crippen LogP contribution in [-0.4, -0.2) is 34.2 Å². The summed E-state index contributed by atoms with van der Waals surface area (Å²) < 4.78 is 103. The highest BCUT2D eigenvalue weighted by molar-refractivity contribution is 6.63. The molecule has 20 heavy (non-hydrogen) atoms. The predicted octanol–water partition coefficient (Wildman–Crippen LogP) is 3.84. The number of carbonyl (C=O) groups is 2. The summed E-state index contributed by atoms with van der Waals surface area (Å²) in [5.41, 5.74) is 0. The smallest absolute Gasteiger partial charge is 0.281 e. The summed E-state index contributed by atoms with van der Waals surface area (Å²) in [5.74, 6) is -25.0. The first-order valence-corrected chi connectivity index (χ1v) is 5.22. The molecule has 0 bridgehead atoms. The van der Waals surface area contributed by atoms with E-state index in [9.17, 15) is 44.7 Å². The highest BCUT2D eigenvalue weighted by atomic mass is 35.5. The molecule has 0 aliphatic carbocycles. The zero-order chi connectivity index (χ0) is 16.6. The molecule has 0 saturated carbocycles. The molecule has 0 aromatic rings. The molecule has 0 aromatic carbocycles. The topological polar surface area (TPSA) is 34.1 Å². The average Bonchev–Trinajstić information content (AvgIpc) is 2.11. The number of halogens is 10. The Morgan fingerprint density at radius 3 is 1.00 bits per heavy atom. The normalized spacial score (nSPS) is 14.3. The van der Waals surface area contributed by atoms with Crippen LogP contribution in [0.15, 0.2) is 0 Å². The van der Waals surface area contributed by atoms with Crippen molar-refractivity contribution in [3.8, 4) is 0 Å². The lowest BCUT2D eigenvalue weighted by atomic mass is 9.95. The van der Waals surface area contributed by atoms with Gasteiger partial charge in [0.05, 0.1) is 12.8 Å². The van der Waals surface area contributed by atoms with Crippen LogP contribution < -0.4 is 0 Å². The van der Waals surface area contributed by atoms with Gasteiger partial charge in [-0.15, -0.1) is 0 Å². The maximum absolute atomic E-state index is 12.9. The molecule has 0 atom stereocenters. The van der Waals surface area contributed by atoms with E-state index in [-0.39, 0.29) is 0 Å². The Bertz CT molecular complexity index is 371. The summed E-state index contributed by atoms with van der Waals surface area (Å²) in [6.45, 7) is 0. The Labute approximate surface area is 116 Å². The molecule has 2 nitrogen and oxygen atoms in total. The Balaban J connectivity index is 5.66. The molecule has 0 saturated heterocycles.